The van der Waals surface area contributed by atoms with Gasteiger partial charge >= 0.3 is 0 Å². The third-order valence-electron chi connectivity index (χ3n) is 5.72. The molecule has 0 radical (unpaired) electrons. The summed E-state index contributed by atoms with van der Waals surface area (Å²) in [6.45, 7) is 1.93. The fourth-order valence-corrected chi connectivity index (χ4v) is 5.68. The van der Waals surface area contributed by atoms with E-state index in [9.17, 15) is 8.42 Å². The Hall–Kier alpha value is -1.69. The lowest BCUT2D eigenvalue weighted by molar-refractivity contribution is 0.117. The van der Waals surface area contributed by atoms with Gasteiger partial charge in [-0.1, -0.05) is 55.3 Å². The first-order valence-corrected chi connectivity index (χ1v) is 11.0. The molecule has 2 aliphatic rings. The van der Waals surface area contributed by atoms with Gasteiger partial charge in [0.05, 0.1) is 4.90 Å². The average Bonchev–Trinajstić information content (AvgIpc) is 2.68. The summed E-state index contributed by atoms with van der Waals surface area (Å²) >= 11 is 0. The van der Waals surface area contributed by atoms with E-state index in [0.717, 1.165) is 38.8 Å². The highest BCUT2D eigenvalue weighted by Crippen LogP contribution is 2.29. The van der Waals surface area contributed by atoms with Crippen LogP contribution >= 0.6 is 0 Å². The summed E-state index contributed by atoms with van der Waals surface area (Å²) in [4.78, 5) is 2.84. The van der Waals surface area contributed by atoms with E-state index in [1.807, 2.05) is 6.07 Å². The first-order valence-electron chi connectivity index (χ1n) is 9.52. The van der Waals surface area contributed by atoms with Gasteiger partial charge in [-0.25, -0.2) is 13.1 Å². The molecule has 1 saturated carbocycles. The molecule has 26 heavy (non-hydrogen) atoms. The number of fused-ring (bicyclic) bond motifs is 1. The Labute approximate surface area is 156 Å². The predicted octanol–water partition coefficient (Wildman–Crippen LogP) is 3.33. The van der Waals surface area contributed by atoms with E-state index in [1.54, 1.807) is 24.3 Å². The third-order valence-corrected chi connectivity index (χ3v) is 7.22. The molecule has 1 N–H and O–H groups in total. The van der Waals surface area contributed by atoms with Gasteiger partial charge in [-0.3, -0.25) is 4.90 Å². The van der Waals surface area contributed by atoms with Crippen LogP contribution in [-0.4, -0.2) is 31.9 Å². The van der Waals surface area contributed by atoms with Crippen LogP contribution in [-0.2, 0) is 23.0 Å². The number of hydrogen-bond donors (Lipinski definition) is 1. The lowest BCUT2D eigenvalue weighted by atomic mass is 9.88. The minimum Gasteiger partial charge on any atom is -0.294 e. The first kappa shape index (κ1) is 17.7. The smallest absolute Gasteiger partial charge is 0.240 e. The predicted molar refractivity (Wildman–Crippen MR) is 103 cm³/mol. The van der Waals surface area contributed by atoms with Crippen molar-refractivity contribution >= 4 is 10.0 Å². The Bertz CT molecular complexity index is 851. The summed E-state index contributed by atoms with van der Waals surface area (Å²) in [6.07, 6.45) is 5.28. The highest BCUT2D eigenvalue weighted by atomic mass is 32.2. The molecule has 0 amide bonds. The van der Waals surface area contributed by atoms with Crippen LogP contribution < -0.4 is 4.72 Å². The molecular formula is C21H26N2O2S. The molecule has 0 bridgehead atoms. The summed E-state index contributed by atoms with van der Waals surface area (Å²) in [6, 6.07) is 17.6. The number of rotatable bonds is 4. The van der Waals surface area contributed by atoms with Crippen molar-refractivity contribution in [2.75, 3.05) is 6.54 Å². The van der Waals surface area contributed by atoms with Crippen molar-refractivity contribution in [1.82, 2.24) is 9.62 Å². The van der Waals surface area contributed by atoms with Gasteiger partial charge < -0.3 is 0 Å². The first-order chi connectivity index (χ1) is 12.6. The van der Waals surface area contributed by atoms with Crippen molar-refractivity contribution in [1.29, 1.82) is 0 Å². The molecule has 2 aromatic carbocycles. The van der Waals surface area contributed by atoms with E-state index in [0.29, 0.717) is 4.90 Å². The standard InChI is InChI=1S/C21H26N2O2S/c24-26(25,19-10-2-1-3-11-19)22-20-12-6-7-13-21(20)23-15-14-17-8-4-5-9-18(17)16-23/h1-5,8-11,20-22H,6-7,12-16H2/t20-,21-/m0/s1. The summed E-state index contributed by atoms with van der Waals surface area (Å²) in [5.41, 5.74) is 2.81. The molecule has 2 aromatic rings. The topological polar surface area (TPSA) is 49.4 Å². The Morgan fingerprint density at radius 1 is 0.885 bits per heavy atom. The summed E-state index contributed by atoms with van der Waals surface area (Å²) < 4.78 is 28.6. The Balaban J connectivity index is 1.52. The number of sulfonamides is 1. The Kier molecular flexibility index (Phi) is 5.11. The molecule has 1 aliphatic carbocycles. The van der Waals surface area contributed by atoms with Gasteiger partial charge in [0.2, 0.25) is 10.0 Å². The van der Waals surface area contributed by atoms with Gasteiger partial charge in [-0.05, 0) is 42.5 Å². The number of benzene rings is 2. The molecular weight excluding hydrogens is 344 g/mol. The molecule has 138 valence electrons. The maximum atomic E-state index is 12.8. The monoisotopic (exact) mass is 370 g/mol. The zero-order valence-corrected chi connectivity index (χ0v) is 15.8. The highest BCUT2D eigenvalue weighted by Gasteiger charge is 2.34. The molecule has 0 aromatic heterocycles. The molecule has 1 heterocycles. The molecule has 2 atom stereocenters. The second-order valence-corrected chi connectivity index (χ2v) is 9.10. The number of hydrogen-bond acceptors (Lipinski definition) is 3. The average molecular weight is 371 g/mol. The summed E-state index contributed by atoms with van der Waals surface area (Å²) in [5.74, 6) is 0. The quantitative estimate of drug-likeness (QED) is 0.898. The minimum atomic E-state index is -3.47. The lowest BCUT2D eigenvalue weighted by Crippen LogP contribution is -2.54. The number of nitrogens with zero attached hydrogens (tertiary/aromatic N) is 1. The Morgan fingerprint density at radius 3 is 2.38 bits per heavy atom. The van der Waals surface area contributed by atoms with Crippen LogP contribution in [0.4, 0.5) is 0 Å². The van der Waals surface area contributed by atoms with Crippen LogP contribution in [0.15, 0.2) is 59.5 Å². The van der Waals surface area contributed by atoms with Crippen molar-refractivity contribution in [3.63, 3.8) is 0 Å². The van der Waals surface area contributed by atoms with Gasteiger partial charge in [0, 0.05) is 25.2 Å². The second kappa shape index (κ2) is 7.51. The van der Waals surface area contributed by atoms with E-state index in [-0.39, 0.29) is 12.1 Å². The highest BCUT2D eigenvalue weighted by molar-refractivity contribution is 7.89. The molecule has 5 heteroatoms. The van der Waals surface area contributed by atoms with E-state index < -0.39 is 10.0 Å². The maximum Gasteiger partial charge on any atom is 0.240 e. The van der Waals surface area contributed by atoms with E-state index >= 15 is 0 Å². The largest absolute Gasteiger partial charge is 0.294 e. The SMILES string of the molecule is O=S(=O)(N[C@H]1CCCC[C@@H]1N1CCc2ccccc2C1)c1ccccc1. The van der Waals surface area contributed by atoms with E-state index in [2.05, 4.69) is 33.9 Å². The normalized spacial score (nSPS) is 24.2. The molecule has 0 saturated heterocycles. The van der Waals surface area contributed by atoms with Crippen molar-refractivity contribution in [3.05, 3.63) is 65.7 Å². The lowest BCUT2D eigenvalue weighted by Gasteiger charge is -2.42. The van der Waals surface area contributed by atoms with Gasteiger partial charge in [-0.15, -0.1) is 0 Å². The second-order valence-electron chi connectivity index (χ2n) is 7.38. The van der Waals surface area contributed by atoms with Gasteiger partial charge in [0.25, 0.3) is 0 Å². The van der Waals surface area contributed by atoms with Gasteiger partial charge in [0.15, 0.2) is 0 Å². The minimum absolute atomic E-state index is 0.0146. The van der Waals surface area contributed by atoms with E-state index in [1.165, 1.54) is 17.5 Å². The van der Waals surface area contributed by atoms with Crippen molar-refractivity contribution in [3.8, 4) is 0 Å². The summed E-state index contributed by atoms with van der Waals surface area (Å²) in [7, 11) is -3.47. The van der Waals surface area contributed by atoms with Crippen LogP contribution in [0.2, 0.25) is 0 Å². The van der Waals surface area contributed by atoms with Gasteiger partial charge in [-0.2, -0.15) is 0 Å². The fraction of sp³-hybridized carbons (Fsp3) is 0.429. The molecule has 0 unspecified atom stereocenters. The third kappa shape index (κ3) is 3.70. The molecule has 0 spiro atoms. The van der Waals surface area contributed by atoms with Crippen LogP contribution in [0.25, 0.3) is 0 Å². The molecule has 4 rings (SSSR count). The van der Waals surface area contributed by atoms with Crippen molar-refractivity contribution < 1.29 is 8.42 Å². The molecule has 1 aliphatic heterocycles. The van der Waals surface area contributed by atoms with Crippen molar-refractivity contribution in [2.24, 2.45) is 0 Å². The molecule has 1 fully saturated rings. The number of nitrogens with one attached hydrogen (secondary N) is 1. The van der Waals surface area contributed by atoms with Crippen LogP contribution in [0.1, 0.15) is 36.8 Å². The fourth-order valence-electron chi connectivity index (χ4n) is 4.35. The van der Waals surface area contributed by atoms with Crippen LogP contribution in [0, 0.1) is 0 Å². The van der Waals surface area contributed by atoms with Crippen LogP contribution in [0.5, 0.6) is 0 Å². The van der Waals surface area contributed by atoms with Gasteiger partial charge in [0.1, 0.15) is 0 Å². The summed E-state index contributed by atoms with van der Waals surface area (Å²) in [5, 5.41) is 0. The van der Waals surface area contributed by atoms with Crippen LogP contribution in [0.3, 0.4) is 0 Å². The molecule has 4 nitrogen and oxygen atoms in total. The zero-order valence-electron chi connectivity index (χ0n) is 15.0. The van der Waals surface area contributed by atoms with Crippen molar-refractivity contribution in [2.45, 2.75) is 55.6 Å². The van der Waals surface area contributed by atoms with E-state index in [4.69, 9.17) is 0 Å². The maximum absolute atomic E-state index is 12.8. The zero-order chi connectivity index (χ0) is 18.0. The Morgan fingerprint density at radius 2 is 1.58 bits per heavy atom.